The van der Waals surface area contributed by atoms with Gasteiger partial charge in [0, 0.05) is 17.0 Å². The zero-order valence-electron chi connectivity index (χ0n) is 18.3. The summed E-state index contributed by atoms with van der Waals surface area (Å²) < 4.78 is 34.2. The Morgan fingerprint density at radius 2 is 1.57 bits per heavy atom. The minimum atomic E-state index is -3.68. The SMILES string of the molecule is CCOP(=O)(OCC)C(NCC(C)(C)C(C(=O)OC)C(=O)OC)c1ccccc1Cl. The molecule has 10 heteroatoms. The van der Waals surface area contributed by atoms with E-state index in [2.05, 4.69) is 5.32 Å². The van der Waals surface area contributed by atoms with Gasteiger partial charge >= 0.3 is 19.5 Å². The van der Waals surface area contributed by atoms with Crippen LogP contribution in [0.2, 0.25) is 5.02 Å². The third-order valence-electron chi connectivity index (χ3n) is 4.54. The highest BCUT2D eigenvalue weighted by Crippen LogP contribution is 2.60. The second kappa shape index (κ2) is 11.8. The maximum Gasteiger partial charge on any atom is 0.351 e. The van der Waals surface area contributed by atoms with Crippen LogP contribution < -0.4 is 5.32 Å². The molecule has 0 aliphatic heterocycles. The van der Waals surface area contributed by atoms with Crippen molar-refractivity contribution < 1.29 is 32.7 Å². The first-order valence-corrected chi connectivity index (χ1v) is 11.6. The van der Waals surface area contributed by atoms with Crippen molar-refractivity contribution >= 4 is 31.1 Å². The quantitative estimate of drug-likeness (QED) is 0.280. The lowest BCUT2D eigenvalue weighted by Gasteiger charge is -2.34. The van der Waals surface area contributed by atoms with Crippen LogP contribution >= 0.6 is 19.2 Å². The molecular weight excluding hydrogens is 433 g/mol. The number of halogens is 1. The standard InChI is InChI=1S/C20H31ClNO7P/c1-7-28-30(25,29-8-2)17(14-11-9-10-12-15(14)21)22-13-20(3,4)16(18(23)26-5)19(24)27-6/h9-12,16-17,22H,7-8,13H2,1-6H3. The van der Waals surface area contributed by atoms with Crippen molar-refractivity contribution in [3.8, 4) is 0 Å². The van der Waals surface area contributed by atoms with Gasteiger partial charge in [0.05, 0.1) is 27.4 Å². The minimum absolute atomic E-state index is 0.0852. The number of rotatable bonds is 12. The number of methoxy groups -OCH3 is 2. The lowest BCUT2D eigenvalue weighted by molar-refractivity contribution is -0.164. The number of nitrogens with one attached hydrogen (secondary N) is 1. The van der Waals surface area contributed by atoms with E-state index in [-0.39, 0.29) is 19.8 Å². The summed E-state index contributed by atoms with van der Waals surface area (Å²) in [7, 11) is -1.28. The second-order valence-corrected chi connectivity index (χ2v) is 9.67. The van der Waals surface area contributed by atoms with Crippen molar-refractivity contribution in [1.82, 2.24) is 5.32 Å². The Hall–Kier alpha value is -1.44. The summed E-state index contributed by atoms with van der Waals surface area (Å²) in [5.74, 6) is -3.55. The second-order valence-electron chi connectivity index (χ2n) is 7.15. The molecule has 1 unspecified atom stereocenters. The zero-order valence-corrected chi connectivity index (χ0v) is 19.9. The molecule has 0 fully saturated rings. The number of ether oxygens (including phenoxy) is 2. The van der Waals surface area contributed by atoms with Crippen LogP contribution in [0.3, 0.4) is 0 Å². The van der Waals surface area contributed by atoms with Gasteiger partial charge in [0.15, 0.2) is 5.92 Å². The molecule has 1 aromatic carbocycles. The molecule has 0 saturated heterocycles. The van der Waals surface area contributed by atoms with Crippen LogP contribution in [0.4, 0.5) is 0 Å². The van der Waals surface area contributed by atoms with Gasteiger partial charge in [0.25, 0.3) is 0 Å². The molecule has 1 rings (SSSR count). The fraction of sp³-hybridized carbons (Fsp3) is 0.600. The molecule has 0 amide bonds. The third kappa shape index (κ3) is 6.53. The Bertz CT molecular complexity index is 745. The topological polar surface area (TPSA) is 100 Å². The third-order valence-corrected chi connectivity index (χ3v) is 7.21. The first-order chi connectivity index (χ1) is 14.1. The van der Waals surface area contributed by atoms with E-state index in [1.807, 2.05) is 0 Å². The Morgan fingerprint density at radius 3 is 2.00 bits per heavy atom. The van der Waals surface area contributed by atoms with Crippen molar-refractivity contribution in [2.24, 2.45) is 11.3 Å². The maximum atomic E-state index is 13.6. The summed E-state index contributed by atoms with van der Waals surface area (Å²) in [4.78, 5) is 24.5. The van der Waals surface area contributed by atoms with Crippen molar-refractivity contribution in [2.75, 3.05) is 34.0 Å². The number of hydrogen-bond acceptors (Lipinski definition) is 8. The highest BCUT2D eigenvalue weighted by atomic mass is 35.5. The molecule has 0 radical (unpaired) electrons. The average Bonchev–Trinajstić information content (AvgIpc) is 2.69. The maximum absolute atomic E-state index is 13.6. The van der Waals surface area contributed by atoms with E-state index in [0.717, 1.165) is 0 Å². The van der Waals surface area contributed by atoms with Crippen LogP contribution in [0.1, 0.15) is 39.0 Å². The van der Waals surface area contributed by atoms with Crippen LogP contribution in [0.25, 0.3) is 0 Å². The lowest BCUT2D eigenvalue weighted by atomic mass is 9.78. The van der Waals surface area contributed by atoms with Crippen molar-refractivity contribution in [2.45, 2.75) is 33.5 Å². The Balaban J connectivity index is 3.33. The first-order valence-electron chi connectivity index (χ1n) is 9.60. The summed E-state index contributed by atoms with van der Waals surface area (Å²) >= 11 is 6.36. The van der Waals surface area contributed by atoms with Crippen molar-refractivity contribution in [3.63, 3.8) is 0 Å². The lowest BCUT2D eigenvalue weighted by Crippen LogP contribution is -2.45. The van der Waals surface area contributed by atoms with E-state index in [0.29, 0.717) is 10.6 Å². The van der Waals surface area contributed by atoms with Gasteiger partial charge in [-0.05, 0) is 25.5 Å². The molecular formula is C20H31ClNO7P. The Labute approximate surface area is 183 Å². The summed E-state index contributed by atoms with van der Waals surface area (Å²) in [6.07, 6.45) is 0. The molecule has 170 valence electrons. The zero-order chi connectivity index (χ0) is 22.9. The molecule has 0 saturated carbocycles. The van der Waals surface area contributed by atoms with Gasteiger partial charge in [0.2, 0.25) is 0 Å². The molecule has 8 nitrogen and oxygen atoms in total. The van der Waals surface area contributed by atoms with Gasteiger partial charge in [-0.25, -0.2) is 0 Å². The molecule has 0 aliphatic rings. The smallest absolute Gasteiger partial charge is 0.351 e. The minimum Gasteiger partial charge on any atom is -0.468 e. The van der Waals surface area contributed by atoms with Gasteiger partial charge in [-0.15, -0.1) is 0 Å². The number of hydrogen-bond donors (Lipinski definition) is 1. The predicted molar refractivity (Wildman–Crippen MR) is 114 cm³/mol. The average molecular weight is 464 g/mol. The van der Waals surface area contributed by atoms with E-state index in [1.54, 1.807) is 52.0 Å². The highest BCUT2D eigenvalue weighted by Gasteiger charge is 2.45. The van der Waals surface area contributed by atoms with Crippen LogP contribution in [-0.2, 0) is 32.7 Å². The van der Waals surface area contributed by atoms with E-state index in [4.69, 9.17) is 30.1 Å². The van der Waals surface area contributed by atoms with Gasteiger partial charge in [0.1, 0.15) is 5.78 Å². The van der Waals surface area contributed by atoms with Crippen LogP contribution in [-0.4, -0.2) is 45.9 Å². The largest absolute Gasteiger partial charge is 0.468 e. The molecule has 0 aliphatic carbocycles. The number of carbonyl (C=O) groups excluding carboxylic acids is 2. The molecule has 0 spiro atoms. The summed E-state index contributed by atoms with van der Waals surface area (Å²) in [6.45, 7) is 7.24. The van der Waals surface area contributed by atoms with Gasteiger partial charge in [-0.2, -0.15) is 0 Å². The Kier molecular flexibility index (Phi) is 10.5. The normalized spacial score (nSPS) is 13.2. The van der Waals surface area contributed by atoms with E-state index in [1.165, 1.54) is 14.2 Å². The molecule has 1 atom stereocenters. The monoisotopic (exact) mass is 463 g/mol. The van der Waals surface area contributed by atoms with E-state index in [9.17, 15) is 14.2 Å². The summed E-state index contributed by atoms with van der Waals surface area (Å²) in [5.41, 5.74) is -0.434. The van der Waals surface area contributed by atoms with Gasteiger partial charge < -0.3 is 18.5 Å². The predicted octanol–water partition coefficient (Wildman–Crippen LogP) is 4.18. The van der Waals surface area contributed by atoms with Crippen LogP contribution in [0.5, 0.6) is 0 Å². The molecule has 30 heavy (non-hydrogen) atoms. The summed E-state index contributed by atoms with van der Waals surface area (Å²) in [6, 6.07) is 6.90. The molecule has 0 aromatic heterocycles. The van der Waals surface area contributed by atoms with Crippen molar-refractivity contribution in [3.05, 3.63) is 34.9 Å². The Morgan fingerprint density at radius 1 is 1.07 bits per heavy atom. The fourth-order valence-corrected chi connectivity index (χ4v) is 5.36. The fourth-order valence-electron chi connectivity index (χ4n) is 3.07. The van der Waals surface area contributed by atoms with E-state index < -0.39 is 36.7 Å². The number of esters is 2. The van der Waals surface area contributed by atoms with Crippen LogP contribution in [0.15, 0.2) is 24.3 Å². The summed E-state index contributed by atoms with van der Waals surface area (Å²) in [5, 5.41) is 3.53. The molecule has 1 N–H and O–H groups in total. The van der Waals surface area contributed by atoms with Gasteiger partial charge in [-0.1, -0.05) is 43.6 Å². The molecule has 1 aromatic rings. The number of carbonyl (C=O) groups is 2. The first kappa shape index (κ1) is 26.6. The van der Waals surface area contributed by atoms with E-state index >= 15 is 0 Å². The van der Waals surface area contributed by atoms with Crippen LogP contribution in [0, 0.1) is 11.3 Å². The molecule has 0 heterocycles. The van der Waals surface area contributed by atoms with Crippen molar-refractivity contribution in [1.29, 1.82) is 0 Å². The highest BCUT2D eigenvalue weighted by molar-refractivity contribution is 7.54. The molecule has 0 bridgehead atoms. The number of benzene rings is 1. The van der Waals surface area contributed by atoms with Gasteiger partial charge in [-0.3, -0.25) is 19.5 Å².